The van der Waals surface area contributed by atoms with Crippen molar-refractivity contribution in [3.05, 3.63) is 18.2 Å². The van der Waals surface area contributed by atoms with Crippen molar-refractivity contribution < 1.29 is 9.53 Å². The zero-order chi connectivity index (χ0) is 15.2. The standard InChI is InChI=1S/C15H24N4O2/c1-4-16-13-6-5-7-14(18-13)19-8-9-21-10-12(19)15(20)17-11(2)3/h5-7,11-12H,4,8-10H2,1-3H3,(H,16,18)(H,17,20). The minimum Gasteiger partial charge on any atom is -0.377 e. The van der Waals surface area contributed by atoms with Crippen molar-refractivity contribution >= 4 is 17.5 Å². The predicted octanol–water partition coefficient (Wildman–Crippen LogP) is 1.24. The first-order valence-electron chi connectivity index (χ1n) is 7.47. The van der Waals surface area contributed by atoms with E-state index in [4.69, 9.17) is 4.74 Å². The highest BCUT2D eigenvalue weighted by molar-refractivity contribution is 5.85. The number of ether oxygens (including phenoxy) is 1. The van der Waals surface area contributed by atoms with Gasteiger partial charge in [-0.2, -0.15) is 0 Å². The normalized spacial score (nSPS) is 18.7. The molecule has 0 aliphatic carbocycles. The zero-order valence-corrected chi connectivity index (χ0v) is 12.9. The number of aromatic nitrogens is 1. The van der Waals surface area contributed by atoms with Gasteiger partial charge in [-0.1, -0.05) is 6.07 Å². The Labute approximate surface area is 125 Å². The van der Waals surface area contributed by atoms with Gasteiger partial charge in [0, 0.05) is 19.1 Å². The van der Waals surface area contributed by atoms with Gasteiger partial charge in [0.25, 0.3) is 0 Å². The Balaban J connectivity index is 2.18. The number of morpholine rings is 1. The minimum absolute atomic E-state index is 0.0136. The Morgan fingerprint density at radius 2 is 2.33 bits per heavy atom. The van der Waals surface area contributed by atoms with Crippen molar-refractivity contribution in [1.29, 1.82) is 0 Å². The summed E-state index contributed by atoms with van der Waals surface area (Å²) in [5, 5.41) is 6.14. The third-order valence-corrected chi connectivity index (χ3v) is 3.25. The molecule has 1 aromatic heterocycles. The molecule has 1 aliphatic rings. The van der Waals surface area contributed by atoms with Crippen LogP contribution in [0.15, 0.2) is 18.2 Å². The Morgan fingerprint density at radius 1 is 1.52 bits per heavy atom. The molecule has 6 heteroatoms. The molecule has 1 unspecified atom stereocenters. The summed E-state index contributed by atoms with van der Waals surface area (Å²) in [7, 11) is 0. The summed E-state index contributed by atoms with van der Waals surface area (Å²) in [5.41, 5.74) is 0. The molecule has 1 fully saturated rings. The summed E-state index contributed by atoms with van der Waals surface area (Å²) in [6.45, 7) is 8.42. The molecule has 116 valence electrons. The molecular formula is C15H24N4O2. The molecule has 0 radical (unpaired) electrons. The first-order valence-corrected chi connectivity index (χ1v) is 7.47. The van der Waals surface area contributed by atoms with E-state index in [-0.39, 0.29) is 18.0 Å². The summed E-state index contributed by atoms with van der Waals surface area (Å²) in [4.78, 5) is 18.9. The first kappa shape index (κ1) is 15.6. The number of pyridine rings is 1. The summed E-state index contributed by atoms with van der Waals surface area (Å²) < 4.78 is 5.47. The lowest BCUT2D eigenvalue weighted by molar-refractivity contribution is -0.125. The fraction of sp³-hybridized carbons (Fsp3) is 0.600. The van der Waals surface area contributed by atoms with E-state index < -0.39 is 0 Å². The zero-order valence-electron chi connectivity index (χ0n) is 12.9. The van der Waals surface area contributed by atoms with E-state index in [0.29, 0.717) is 19.8 Å². The molecule has 21 heavy (non-hydrogen) atoms. The summed E-state index contributed by atoms with van der Waals surface area (Å²) in [6, 6.07) is 5.60. The lowest BCUT2D eigenvalue weighted by Crippen LogP contribution is -2.55. The highest BCUT2D eigenvalue weighted by Gasteiger charge is 2.30. The van der Waals surface area contributed by atoms with Crippen LogP contribution in [0.2, 0.25) is 0 Å². The number of anilines is 2. The fourth-order valence-electron chi connectivity index (χ4n) is 2.34. The van der Waals surface area contributed by atoms with Crippen molar-refractivity contribution in [2.75, 3.05) is 36.5 Å². The maximum atomic E-state index is 12.3. The smallest absolute Gasteiger partial charge is 0.245 e. The van der Waals surface area contributed by atoms with Gasteiger partial charge in [0.05, 0.1) is 13.2 Å². The SMILES string of the molecule is CCNc1cccc(N2CCOCC2C(=O)NC(C)C)n1. The van der Waals surface area contributed by atoms with Gasteiger partial charge in [-0.05, 0) is 32.9 Å². The van der Waals surface area contributed by atoms with Crippen LogP contribution in [0, 0.1) is 0 Å². The van der Waals surface area contributed by atoms with Crippen LogP contribution >= 0.6 is 0 Å². The maximum absolute atomic E-state index is 12.3. The quantitative estimate of drug-likeness (QED) is 0.855. The molecule has 1 saturated heterocycles. The number of amides is 1. The van der Waals surface area contributed by atoms with E-state index in [2.05, 4.69) is 15.6 Å². The van der Waals surface area contributed by atoms with E-state index >= 15 is 0 Å². The Morgan fingerprint density at radius 3 is 3.05 bits per heavy atom. The van der Waals surface area contributed by atoms with Gasteiger partial charge >= 0.3 is 0 Å². The second-order valence-electron chi connectivity index (χ2n) is 5.36. The number of nitrogens with one attached hydrogen (secondary N) is 2. The predicted molar refractivity (Wildman–Crippen MR) is 83.6 cm³/mol. The van der Waals surface area contributed by atoms with Gasteiger partial charge in [0.1, 0.15) is 17.7 Å². The Bertz CT molecular complexity index is 478. The molecule has 6 nitrogen and oxygen atoms in total. The highest BCUT2D eigenvalue weighted by Crippen LogP contribution is 2.19. The van der Waals surface area contributed by atoms with E-state index in [0.717, 1.165) is 18.2 Å². The number of nitrogens with zero attached hydrogens (tertiary/aromatic N) is 2. The van der Waals surface area contributed by atoms with Crippen molar-refractivity contribution in [3.63, 3.8) is 0 Å². The molecule has 0 spiro atoms. The maximum Gasteiger partial charge on any atom is 0.245 e. The van der Waals surface area contributed by atoms with Crippen LogP contribution in [0.4, 0.5) is 11.6 Å². The van der Waals surface area contributed by atoms with E-state index in [1.54, 1.807) is 0 Å². The van der Waals surface area contributed by atoms with Crippen molar-refractivity contribution in [2.45, 2.75) is 32.9 Å². The van der Waals surface area contributed by atoms with Crippen molar-refractivity contribution in [2.24, 2.45) is 0 Å². The van der Waals surface area contributed by atoms with Crippen LogP contribution in [0.5, 0.6) is 0 Å². The second kappa shape index (κ2) is 7.26. The monoisotopic (exact) mass is 292 g/mol. The van der Waals surface area contributed by atoms with Gasteiger partial charge in [-0.25, -0.2) is 4.98 Å². The van der Waals surface area contributed by atoms with Crippen LogP contribution < -0.4 is 15.5 Å². The number of hydrogen-bond donors (Lipinski definition) is 2. The fourth-order valence-corrected chi connectivity index (χ4v) is 2.34. The summed E-state index contributed by atoms with van der Waals surface area (Å²) in [6.07, 6.45) is 0. The molecule has 2 N–H and O–H groups in total. The number of hydrogen-bond acceptors (Lipinski definition) is 5. The molecule has 1 atom stereocenters. The van der Waals surface area contributed by atoms with Crippen LogP contribution in [-0.4, -0.2) is 49.3 Å². The van der Waals surface area contributed by atoms with Gasteiger partial charge in [-0.15, -0.1) is 0 Å². The number of carbonyl (C=O) groups excluding carboxylic acids is 1. The highest BCUT2D eigenvalue weighted by atomic mass is 16.5. The van der Waals surface area contributed by atoms with Crippen molar-refractivity contribution in [3.8, 4) is 0 Å². The molecular weight excluding hydrogens is 268 g/mol. The molecule has 1 aromatic rings. The van der Waals surface area contributed by atoms with Crippen LogP contribution in [0.1, 0.15) is 20.8 Å². The van der Waals surface area contributed by atoms with Crippen molar-refractivity contribution in [1.82, 2.24) is 10.3 Å². The molecule has 0 bridgehead atoms. The van der Waals surface area contributed by atoms with Gasteiger partial charge < -0.3 is 20.3 Å². The molecule has 2 rings (SSSR count). The van der Waals surface area contributed by atoms with E-state index in [1.165, 1.54) is 0 Å². The van der Waals surface area contributed by atoms with Gasteiger partial charge in [0.15, 0.2) is 0 Å². The third kappa shape index (κ3) is 4.07. The largest absolute Gasteiger partial charge is 0.377 e. The molecule has 0 aromatic carbocycles. The minimum atomic E-state index is -0.328. The molecule has 2 heterocycles. The lowest BCUT2D eigenvalue weighted by atomic mass is 10.2. The summed E-state index contributed by atoms with van der Waals surface area (Å²) in [5.74, 6) is 1.62. The lowest BCUT2D eigenvalue weighted by Gasteiger charge is -2.36. The van der Waals surface area contributed by atoms with Crippen LogP contribution in [0.3, 0.4) is 0 Å². The van der Waals surface area contributed by atoms with Crippen LogP contribution in [-0.2, 0) is 9.53 Å². The third-order valence-electron chi connectivity index (χ3n) is 3.25. The van der Waals surface area contributed by atoms with Gasteiger partial charge in [0.2, 0.25) is 5.91 Å². The average Bonchev–Trinajstić information content (AvgIpc) is 2.47. The molecule has 1 aliphatic heterocycles. The first-order chi connectivity index (χ1) is 10.1. The Kier molecular flexibility index (Phi) is 5.38. The number of rotatable bonds is 5. The van der Waals surface area contributed by atoms with E-state index in [1.807, 2.05) is 43.9 Å². The average molecular weight is 292 g/mol. The van der Waals surface area contributed by atoms with Crippen LogP contribution in [0.25, 0.3) is 0 Å². The van der Waals surface area contributed by atoms with Gasteiger partial charge in [-0.3, -0.25) is 4.79 Å². The summed E-state index contributed by atoms with van der Waals surface area (Å²) >= 11 is 0. The molecule has 1 amide bonds. The van der Waals surface area contributed by atoms with E-state index in [9.17, 15) is 4.79 Å². The Hall–Kier alpha value is -1.82. The second-order valence-corrected chi connectivity index (χ2v) is 5.36. The molecule has 0 saturated carbocycles. The number of carbonyl (C=O) groups is 1. The topological polar surface area (TPSA) is 66.5 Å².